The second kappa shape index (κ2) is 5.21. The molecule has 0 saturated carbocycles. The minimum absolute atomic E-state index is 0.147. The van der Waals surface area contributed by atoms with Crippen LogP contribution < -0.4 is 5.32 Å². The van der Waals surface area contributed by atoms with Crippen LogP contribution in [0.2, 0.25) is 4.34 Å². The number of carbonyl (C=O) groups is 1. The number of hydrogen-bond acceptors (Lipinski definition) is 2. The third kappa shape index (κ3) is 3.09. The van der Waals surface area contributed by atoms with E-state index < -0.39 is 0 Å². The van der Waals surface area contributed by atoms with Crippen LogP contribution in [0, 0.1) is 6.92 Å². The number of anilines is 1. The Morgan fingerprint density at radius 1 is 1.35 bits per heavy atom. The van der Waals surface area contributed by atoms with Crippen LogP contribution in [0.4, 0.5) is 5.69 Å². The lowest BCUT2D eigenvalue weighted by atomic mass is 10.2. The maximum Gasteiger partial charge on any atom is 0.265 e. The molecule has 1 aromatic carbocycles. The van der Waals surface area contributed by atoms with Gasteiger partial charge in [-0.25, -0.2) is 0 Å². The van der Waals surface area contributed by atoms with E-state index in [4.69, 9.17) is 11.6 Å². The number of benzene rings is 1. The fraction of sp³-hybridized carbons (Fsp3) is 0.0833. The first-order valence-corrected chi connectivity index (χ1v) is 6.88. The maximum absolute atomic E-state index is 11.9. The molecule has 0 atom stereocenters. The average Bonchev–Trinajstić information content (AvgIpc) is 2.69. The Kier molecular flexibility index (Phi) is 3.86. The van der Waals surface area contributed by atoms with E-state index in [0.29, 0.717) is 9.21 Å². The summed E-state index contributed by atoms with van der Waals surface area (Å²) in [4.78, 5) is 12.5. The quantitative estimate of drug-likeness (QED) is 0.847. The predicted octanol–water partition coefficient (Wildman–Crippen LogP) is 4.72. The van der Waals surface area contributed by atoms with Gasteiger partial charge in [-0.1, -0.05) is 17.7 Å². The smallest absolute Gasteiger partial charge is 0.265 e. The van der Waals surface area contributed by atoms with E-state index in [1.807, 2.05) is 25.1 Å². The molecule has 0 aliphatic carbocycles. The van der Waals surface area contributed by atoms with Crippen molar-refractivity contribution in [3.63, 3.8) is 0 Å². The molecule has 0 aliphatic rings. The summed E-state index contributed by atoms with van der Waals surface area (Å²) in [7, 11) is 0. The van der Waals surface area contributed by atoms with Crippen molar-refractivity contribution in [2.75, 3.05) is 5.32 Å². The second-order valence-corrected chi connectivity index (χ2v) is 6.11. The van der Waals surface area contributed by atoms with Crippen molar-refractivity contribution in [3.05, 3.63) is 49.6 Å². The molecule has 2 rings (SSSR count). The minimum Gasteiger partial charge on any atom is -0.320 e. The van der Waals surface area contributed by atoms with E-state index in [-0.39, 0.29) is 5.91 Å². The van der Waals surface area contributed by atoms with Crippen LogP contribution in [0.15, 0.2) is 34.8 Å². The summed E-state index contributed by atoms with van der Waals surface area (Å²) in [6, 6.07) is 9.20. The largest absolute Gasteiger partial charge is 0.320 e. The third-order valence-corrected chi connectivity index (χ3v) is 4.06. The molecule has 1 heterocycles. The molecule has 0 radical (unpaired) electrons. The normalized spacial score (nSPS) is 10.3. The molecule has 0 spiro atoms. The highest BCUT2D eigenvalue weighted by Crippen LogP contribution is 2.26. The van der Waals surface area contributed by atoms with Crippen molar-refractivity contribution in [1.29, 1.82) is 0 Å². The number of amides is 1. The molecule has 1 N–H and O–H groups in total. The monoisotopic (exact) mass is 329 g/mol. The standard InChI is InChI=1S/C12H9BrClNOS/c1-7-2-3-9(8(13)6-7)15-12(16)10-4-5-11(14)17-10/h2-6H,1H3,(H,15,16). The van der Waals surface area contributed by atoms with Gasteiger partial charge in [0.05, 0.1) is 14.9 Å². The number of rotatable bonds is 2. The third-order valence-electron chi connectivity index (χ3n) is 2.17. The van der Waals surface area contributed by atoms with E-state index in [1.165, 1.54) is 11.3 Å². The first-order chi connectivity index (χ1) is 8.06. The lowest BCUT2D eigenvalue weighted by molar-refractivity contribution is 0.103. The van der Waals surface area contributed by atoms with E-state index in [9.17, 15) is 4.79 Å². The van der Waals surface area contributed by atoms with Crippen LogP contribution in [-0.4, -0.2) is 5.91 Å². The molecule has 17 heavy (non-hydrogen) atoms. The number of thiophene rings is 1. The molecule has 5 heteroatoms. The van der Waals surface area contributed by atoms with Crippen LogP contribution in [0.3, 0.4) is 0 Å². The van der Waals surface area contributed by atoms with Gasteiger partial charge in [-0.3, -0.25) is 4.79 Å². The van der Waals surface area contributed by atoms with Crippen LogP contribution in [0.25, 0.3) is 0 Å². The summed E-state index contributed by atoms with van der Waals surface area (Å²) in [5, 5.41) is 2.83. The summed E-state index contributed by atoms with van der Waals surface area (Å²) in [6.45, 7) is 2.00. The van der Waals surface area contributed by atoms with Gasteiger partial charge < -0.3 is 5.32 Å². The molecule has 0 unspecified atom stereocenters. The SMILES string of the molecule is Cc1ccc(NC(=O)c2ccc(Cl)s2)c(Br)c1. The number of hydrogen-bond donors (Lipinski definition) is 1. The van der Waals surface area contributed by atoms with Gasteiger partial charge in [0.15, 0.2) is 0 Å². The molecule has 0 fully saturated rings. The van der Waals surface area contributed by atoms with Gasteiger partial charge in [-0.05, 0) is 52.7 Å². The zero-order valence-electron chi connectivity index (χ0n) is 8.96. The first-order valence-electron chi connectivity index (χ1n) is 4.89. The molecule has 1 amide bonds. The van der Waals surface area contributed by atoms with Crippen LogP contribution in [-0.2, 0) is 0 Å². The highest BCUT2D eigenvalue weighted by molar-refractivity contribution is 9.10. The average molecular weight is 331 g/mol. The Hall–Kier alpha value is -0.840. The molecule has 88 valence electrons. The van der Waals surface area contributed by atoms with Crippen molar-refractivity contribution in [2.24, 2.45) is 0 Å². The summed E-state index contributed by atoms with van der Waals surface area (Å²) in [5.74, 6) is -0.147. The highest BCUT2D eigenvalue weighted by atomic mass is 79.9. The van der Waals surface area contributed by atoms with Gasteiger partial charge in [-0.2, -0.15) is 0 Å². The van der Waals surface area contributed by atoms with Crippen LogP contribution >= 0.6 is 38.9 Å². The zero-order chi connectivity index (χ0) is 12.4. The molecule has 0 saturated heterocycles. The Balaban J connectivity index is 2.18. The van der Waals surface area contributed by atoms with Gasteiger partial charge in [0, 0.05) is 4.47 Å². The van der Waals surface area contributed by atoms with Gasteiger partial charge in [0.1, 0.15) is 0 Å². The van der Waals surface area contributed by atoms with E-state index in [2.05, 4.69) is 21.2 Å². The van der Waals surface area contributed by atoms with Crippen molar-refractivity contribution in [2.45, 2.75) is 6.92 Å². The van der Waals surface area contributed by atoms with E-state index in [1.54, 1.807) is 12.1 Å². The fourth-order valence-electron chi connectivity index (χ4n) is 1.34. The van der Waals surface area contributed by atoms with Crippen molar-refractivity contribution in [3.8, 4) is 0 Å². The van der Waals surface area contributed by atoms with E-state index >= 15 is 0 Å². The van der Waals surface area contributed by atoms with Gasteiger partial charge in [-0.15, -0.1) is 11.3 Å². The Morgan fingerprint density at radius 2 is 2.12 bits per heavy atom. The Labute approximate surface area is 117 Å². The molecular weight excluding hydrogens is 322 g/mol. The fourth-order valence-corrected chi connectivity index (χ4v) is 2.87. The Morgan fingerprint density at radius 3 is 2.71 bits per heavy atom. The van der Waals surface area contributed by atoms with Gasteiger partial charge in [0.2, 0.25) is 0 Å². The predicted molar refractivity (Wildman–Crippen MR) is 76.2 cm³/mol. The summed E-state index contributed by atoms with van der Waals surface area (Å²) >= 11 is 10.5. The zero-order valence-corrected chi connectivity index (χ0v) is 12.1. The highest BCUT2D eigenvalue weighted by Gasteiger charge is 2.10. The number of carbonyl (C=O) groups excluding carboxylic acids is 1. The molecule has 0 bridgehead atoms. The molecule has 2 nitrogen and oxygen atoms in total. The summed E-state index contributed by atoms with van der Waals surface area (Å²) in [5.41, 5.74) is 1.89. The summed E-state index contributed by atoms with van der Waals surface area (Å²) < 4.78 is 1.48. The summed E-state index contributed by atoms with van der Waals surface area (Å²) in [6.07, 6.45) is 0. The van der Waals surface area contributed by atoms with Gasteiger partial charge in [0.25, 0.3) is 5.91 Å². The molecule has 1 aromatic heterocycles. The first kappa shape index (κ1) is 12.6. The van der Waals surface area contributed by atoms with E-state index in [0.717, 1.165) is 15.7 Å². The minimum atomic E-state index is -0.147. The molecule has 0 aliphatic heterocycles. The van der Waals surface area contributed by atoms with Crippen molar-refractivity contribution >= 4 is 50.5 Å². The number of nitrogens with one attached hydrogen (secondary N) is 1. The second-order valence-electron chi connectivity index (χ2n) is 3.54. The number of halogens is 2. The van der Waals surface area contributed by atoms with Crippen LogP contribution in [0.5, 0.6) is 0 Å². The topological polar surface area (TPSA) is 29.1 Å². The van der Waals surface area contributed by atoms with Crippen molar-refractivity contribution in [1.82, 2.24) is 0 Å². The van der Waals surface area contributed by atoms with Gasteiger partial charge >= 0.3 is 0 Å². The number of aryl methyl sites for hydroxylation is 1. The lowest BCUT2D eigenvalue weighted by Crippen LogP contribution is -2.10. The Bertz CT molecular complexity index is 567. The molecular formula is C12H9BrClNOS. The molecule has 2 aromatic rings. The lowest BCUT2D eigenvalue weighted by Gasteiger charge is -2.06. The van der Waals surface area contributed by atoms with Crippen LogP contribution in [0.1, 0.15) is 15.2 Å². The van der Waals surface area contributed by atoms with Crippen molar-refractivity contribution < 1.29 is 4.79 Å². The maximum atomic E-state index is 11.9.